The van der Waals surface area contributed by atoms with Crippen molar-refractivity contribution in [1.29, 1.82) is 0 Å². The molecule has 102 valence electrons. The number of benzene rings is 1. The number of nitrogens with zero attached hydrogens (tertiary/aromatic N) is 3. The normalized spacial score (nSPS) is 11.8. The van der Waals surface area contributed by atoms with Gasteiger partial charge in [0.25, 0.3) is 0 Å². The Balaban J connectivity index is 2.27. The lowest BCUT2D eigenvalue weighted by Crippen LogP contribution is -2.13. The molecule has 2 aromatic rings. The fraction of sp³-hybridized carbons (Fsp3) is 0.333. The van der Waals surface area contributed by atoms with Crippen molar-refractivity contribution < 1.29 is 13.2 Å². The van der Waals surface area contributed by atoms with Gasteiger partial charge in [0.2, 0.25) is 5.82 Å². The molecule has 4 nitrogen and oxygen atoms in total. The van der Waals surface area contributed by atoms with Crippen LogP contribution < -0.4 is 5.73 Å². The summed E-state index contributed by atoms with van der Waals surface area (Å²) in [6.07, 6.45) is -4.25. The third kappa shape index (κ3) is 2.86. The molecule has 0 saturated carbocycles. The molecule has 0 aliphatic rings. The Morgan fingerprint density at radius 2 is 2.00 bits per heavy atom. The van der Waals surface area contributed by atoms with Crippen molar-refractivity contribution in [3.8, 4) is 0 Å². The fourth-order valence-corrected chi connectivity index (χ4v) is 1.79. The smallest absolute Gasteiger partial charge is 0.399 e. The van der Waals surface area contributed by atoms with Crippen molar-refractivity contribution in [2.45, 2.75) is 19.5 Å². The molecule has 0 aliphatic heterocycles. The molecule has 19 heavy (non-hydrogen) atoms. The van der Waals surface area contributed by atoms with Gasteiger partial charge < -0.3 is 5.73 Å². The minimum absolute atomic E-state index is 0.138. The largest absolute Gasteiger partial charge is 0.451 e. The highest BCUT2D eigenvalue weighted by Crippen LogP contribution is 2.27. The highest BCUT2D eigenvalue weighted by atomic mass is 19.4. The minimum Gasteiger partial charge on any atom is -0.399 e. The molecule has 2 N–H and O–H groups in total. The molecule has 0 amide bonds. The van der Waals surface area contributed by atoms with Crippen LogP contribution in [0.15, 0.2) is 18.2 Å². The summed E-state index contributed by atoms with van der Waals surface area (Å²) in [5, 5.41) is 3.78. The van der Waals surface area contributed by atoms with Crippen molar-refractivity contribution in [3.05, 3.63) is 41.0 Å². The van der Waals surface area contributed by atoms with Gasteiger partial charge in [0.1, 0.15) is 0 Å². The topological polar surface area (TPSA) is 56.7 Å². The molecule has 0 aliphatic carbocycles. The van der Waals surface area contributed by atoms with Gasteiger partial charge in [-0.3, -0.25) is 0 Å². The second-order valence-electron chi connectivity index (χ2n) is 4.34. The maximum Gasteiger partial charge on any atom is 0.451 e. The van der Waals surface area contributed by atoms with Gasteiger partial charge in [-0.2, -0.15) is 18.3 Å². The molecule has 7 heteroatoms. The summed E-state index contributed by atoms with van der Waals surface area (Å²) in [4.78, 5) is 3.52. The van der Waals surface area contributed by atoms with E-state index in [1.807, 2.05) is 13.0 Å². The molecule has 0 unspecified atom stereocenters. The first-order chi connectivity index (χ1) is 8.77. The van der Waals surface area contributed by atoms with Crippen LogP contribution >= 0.6 is 0 Å². The second kappa shape index (κ2) is 4.56. The highest BCUT2D eigenvalue weighted by Gasteiger charge is 2.37. The monoisotopic (exact) mass is 270 g/mol. The van der Waals surface area contributed by atoms with Gasteiger partial charge in [0, 0.05) is 19.2 Å². The van der Waals surface area contributed by atoms with Crippen LogP contribution in [0.5, 0.6) is 0 Å². The van der Waals surface area contributed by atoms with E-state index in [0.29, 0.717) is 5.69 Å². The third-order valence-electron chi connectivity index (χ3n) is 2.76. The molecule has 1 heterocycles. The zero-order chi connectivity index (χ0) is 14.2. The van der Waals surface area contributed by atoms with Crippen molar-refractivity contribution in [3.63, 3.8) is 0 Å². The molecule has 0 atom stereocenters. The number of nitrogen functional groups attached to an aromatic ring is 1. The lowest BCUT2D eigenvalue weighted by molar-refractivity contribution is -0.147. The lowest BCUT2D eigenvalue weighted by atomic mass is 10.1. The van der Waals surface area contributed by atoms with E-state index >= 15 is 0 Å². The Hall–Kier alpha value is -2.05. The maximum absolute atomic E-state index is 12.6. The van der Waals surface area contributed by atoms with Gasteiger partial charge in [-0.1, -0.05) is 12.1 Å². The molecule has 0 spiro atoms. The standard InChI is InChI=1S/C12H13F3N4/c1-7-5-8(3-4-9(7)16)6-10-17-11(12(13,14)15)19(2)18-10/h3-5H,6,16H2,1-2H3. The van der Waals surface area contributed by atoms with E-state index < -0.39 is 12.0 Å². The molecule has 0 radical (unpaired) electrons. The summed E-state index contributed by atoms with van der Waals surface area (Å²) < 4.78 is 38.5. The number of nitrogens with two attached hydrogens (primary N) is 1. The number of hydrogen-bond donors (Lipinski definition) is 1. The first-order valence-electron chi connectivity index (χ1n) is 5.59. The Morgan fingerprint density at radius 1 is 1.32 bits per heavy atom. The van der Waals surface area contributed by atoms with E-state index in [4.69, 9.17) is 5.73 Å². The van der Waals surface area contributed by atoms with Crippen LogP contribution in [0.25, 0.3) is 0 Å². The second-order valence-corrected chi connectivity index (χ2v) is 4.34. The van der Waals surface area contributed by atoms with E-state index in [2.05, 4.69) is 10.1 Å². The number of aromatic nitrogens is 3. The van der Waals surface area contributed by atoms with Crippen LogP contribution in [0, 0.1) is 6.92 Å². The van der Waals surface area contributed by atoms with Crippen LogP contribution in [-0.4, -0.2) is 14.8 Å². The van der Waals surface area contributed by atoms with Crippen molar-refractivity contribution >= 4 is 5.69 Å². The number of rotatable bonds is 2. The first-order valence-corrected chi connectivity index (χ1v) is 5.59. The van der Waals surface area contributed by atoms with Gasteiger partial charge in [-0.15, -0.1) is 0 Å². The third-order valence-corrected chi connectivity index (χ3v) is 2.76. The Morgan fingerprint density at radius 3 is 2.53 bits per heavy atom. The van der Waals surface area contributed by atoms with E-state index in [1.54, 1.807) is 12.1 Å². The summed E-state index contributed by atoms with van der Waals surface area (Å²) >= 11 is 0. The Labute approximate surface area is 108 Å². The van der Waals surface area contributed by atoms with Gasteiger partial charge in [0.15, 0.2) is 5.82 Å². The molecule has 2 rings (SSSR count). The molecule has 1 aromatic carbocycles. The average Bonchev–Trinajstić information content (AvgIpc) is 2.64. The quantitative estimate of drug-likeness (QED) is 0.852. The van der Waals surface area contributed by atoms with Gasteiger partial charge in [-0.25, -0.2) is 9.67 Å². The first kappa shape index (κ1) is 13.4. The van der Waals surface area contributed by atoms with Crippen LogP contribution in [0.1, 0.15) is 22.8 Å². The molecule has 0 fully saturated rings. The van der Waals surface area contributed by atoms with Crippen molar-refractivity contribution in [1.82, 2.24) is 14.8 Å². The predicted molar refractivity (Wildman–Crippen MR) is 64.4 cm³/mol. The number of alkyl halides is 3. The fourth-order valence-electron chi connectivity index (χ4n) is 1.79. The zero-order valence-electron chi connectivity index (χ0n) is 10.5. The SMILES string of the molecule is Cc1cc(Cc2nc(C(F)(F)F)n(C)n2)ccc1N. The highest BCUT2D eigenvalue weighted by molar-refractivity contribution is 5.48. The van der Waals surface area contributed by atoms with Gasteiger partial charge in [-0.05, 0) is 24.1 Å². The van der Waals surface area contributed by atoms with Crippen LogP contribution in [0.4, 0.5) is 18.9 Å². The number of anilines is 1. The number of halogens is 3. The Kier molecular flexibility index (Phi) is 3.21. The van der Waals surface area contributed by atoms with E-state index in [0.717, 1.165) is 15.8 Å². The minimum atomic E-state index is -4.49. The Bertz CT molecular complexity index is 602. The van der Waals surface area contributed by atoms with E-state index in [-0.39, 0.29) is 12.2 Å². The number of aryl methyl sites for hydroxylation is 2. The molecular formula is C12H13F3N4. The van der Waals surface area contributed by atoms with E-state index in [9.17, 15) is 13.2 Å². The van der Waals surface area contributed by atoms with Crippen molar-refractivity contribution in [2.75, 3.05) is 5.73 Å². The summed E-state index contributed by atoms with van der Waals surface area (Å²) in [6, 6.07) is 5.29. The van der Waals surface area contributed by atoms with Crippen molar-refractivity contribution in [2.24, 2.45) is 7.05 Å². The number of hydrogen-bond acceptors (Lipinski definition) is 3. The van der Waals surface area contributed by atoms with E-state index in [1.165, 1.54) is 7.05 Å². The summed E-state index contributed by atoms with van der Waals surface area (Å²) in [7, 11) is 1.23. The molecule has 1 aromatic heterocycles. The molecule has 0 bridgehead atoms. The molecular weight excluding hydrogens is 257 g/mol. The zero-order valence-corrected chi connectivity index (χ0v) is 10.5. The lowest BCUT2D eigenvalue weighted by Gasteiger charge is -2.03. The van der Waals surface area contributed by atoms with Crippen LogP contribution in [-0.2, 0) is 19.6 Å². The maximum atomic E-state index is 12.6. The summed E-state index contributed by atoms with van der Waals surface area (Å²) in [5.74, 6) is -0.853. The summed E-state index contributed by atoms with van der Waals surface area (Å²) in [6.45, 7) is 1.84. The van der Waals surface area contributed by atoms with Gasteiger partial charge >= 0.3 is 6.18 Å². The predicted octanol–water partition coefficient (Wildman–Crippen LogP) is 2.32. The van der Waals surface area contributed by atoms with Gasteiger partial charge in [0.05, 0.1) is 0 Å². The summed E-state index contributed by atoms with van der Waals surface area (Å²) in [5.41, 5.74) is 8.03. The van der Waals surface area contributed by atoms with Crippen LogP contribution in [0.2, 0.25) is 0 Å². The van der Waals surface area contributed by atoms with Crippen LogP contribution in [0.3, 0.4) is 0 Å². The molecule has 0 saturated heterocycles. The average molecular weight is 270 g/mol.